The second kappa shape index (κ2) is 7.67. The number of aryl methyl sites for hydroxylation is 2. The highest BCUT2D eigenvalue weighted by atomic mass is 16.1. The van der Waals surface area contributed by atoms with Crippen LogP contribution in [0.4, 0.5) is 5.82 Å². The molecule has 1 N–H and O–H groups in total. The minimum Gasteiger partial charge on any atom is -0.315 e. The van der Waals surface area contributed by atoms with Gasteiger partial charge in [-0.15, -0.1) is 0 Å². The summed E-state index contributed by atoms with van der Waals surface area (Å²) in [6.07, 6.45) is 5.26. The first-order valence-corrected chi connectivity index (χ1v) is 9.39. The molecular weight excluding hydrogens is 364 g/mol. The van der Waals surface area contributed by atoms with E-state index in [4.69, 9.17) is 0 Å². The number of pyridine rings is 3. The van der Waals surface area contributed by atoms with Crippen LogP contribution in [0.15, 0.2) is 71.9 Å². The molecule has 29 heavy (non-hydrogen) atoms. The zero-order chi connectivity index (χ0) is 20.4. The van der Waals surface area contributed by atoms with Crippen LogP contribution in [0.3, 0.4) is 0 Å². The highest BCUT2D eigenvalue weighted by Gasteiger charge is 2.11. The maximum atomic E-state index is 12.7. The molecule has 6 nitrogen and oxygen atoms in total. The van der Waals surface area contributed by atoms with Crippen LogP contribution in [0.5, 0.6) is 0 Å². The van der Waals surface area contributed by atoms with E-state index in [1.807, 2.05) is 38.1 Å². The lowest BCUT2D eigenvalue weighted by Crippen LogP contribution is -2.17. The van der Waals surface area contributed by atoms with E-state index in [1.165, 1.54) is 6.07 Å². The number of nitrogens with one attached hydrogen (secondary N) is 1. The molecule has 0 spiro atoms. The van der Waals surface area contributed by atoms with Gasteiger partial charge in [0.1, 0.15) is 5.82 Å². The van der Waals surface area contributed by atoms with Crippen molar-refractivity contribution >= 4 is 22.5 Å². The van der Waals surface area contributed by atoms with E-state index in [2.05, 4.69) is 15.3 Å². The summed E-state index contributed by atoms with van der Waals surface area (Å²) >= 11 is 0. The normalized spacial score (nSPS) is 10.8. The van der Waals surface area contributed by atoms with Gasteiger partial charge in [0.15, 0.2) is 0 Å². The maximum Gasteiger partial charge on any atom is 0.256 e. The Balaban J connectivity index is 1.64. The summed E-state index contributed by atoms with van der Waals surface area (Å²) in [5.74, 6) is 0.226. The van der Waals surface area contributed by atoms with E-state index in [0.717, 1.165) is 27.6 Å². The third-order valence-corrected chi connectivity index (χ3v) is 4.84. The molecule has 1 aromatic carbocycles. The summed E-state index contributed by atoms with van der Waals surface area (Å²) in [6, 6.07) is 14.3. The Kier molecular flexibility index (Phi) is 4.91. The molecule has 0 unspecified atom stereocenters. The number of benzene rings is 1. The van der Waals surface area contributed by atoms with Crippen molar-refractivity contribution in [2.24, 2.45) is 0 Å². The summed E-state index contributed by atoms with van der Waals surface area (Å²) in [6.45, 7) is 4.45. The number of carbonyl (C=O) groups is 1. The van der Waals surface area contributed by atoms with E-state index in [9.17, 15) is 9.59 Å². The van der Waals surface area contributed by atoms with Crippen LogP contribution in [0, 0.1) is 6.92 Å². The SMILES string of the molecule is CCn1cc(-c2nc(NC(=O)c3ccc4cnccc4c3)ccc2C)ccc1=O. The predicted octanol–water partition coefficient (Wildman–Crippen LogP) is 4.04. The number of amides is 1. The molecule has 4 aromatic rings. The molecule has 0 saturated heterocycles. The molecule has 1 amide bonds. The molecule has 0 fully saturated rings. The number of carbonyl (C=O) groups excluding carboxylic acids is 1. The Labute approximate surface area is 167 Å². The third kappa shape index (κ3) is 3.78. The Morgan fingerprint density at radius 3 is 2.76 bits per heavy atom. The van der Waals surface area contributed by atoms with Crippen molar-refractivity contribution in [3.63, 3.8) is 0 Å². The largest absolute Gasteiger partial charge is 0.315 e. The van der Waals surface area contributed by atoms with Gasteiger partial charge in [-0.3, -0.25) is 14.6 Å². The Bertz CT molecular complexity index is 1280. The fourth-order valence-electron chi connectivity index (χ4n) is 3.22. The number of nitrogens with zero attached hydrogens (tertiary/aromatic N) is 3. The van der Waals surface area contributed by atoms with Crippen LogP contribution < -0.4 is 10.9 Å². The highest BCUT2D eigenvalue weighted by molar-refractivity contribution is 6.06. The summed E-state index contributed by atoms with van der Waals surface area (Å²) in [5, 5.41) is 4.79. The van der Waals surface area contributed by atoms with Crippen molar-refractivity contribution < 1.29 is 4.79 Å². The molecule has 0 radical (unpaired) electrons. The second-order valence-electron chi connectivity index (χ2n) is 6.80. The van der Waals surface area contributed by atoms with Crippen LogP contribution >= 0.6 is 0 Å². The molecule has 3 aromatic heterocycles. The average Bonchev–Trinajstić information content (AvgIpc) is 2.75. The second-order valence-corrected chi connectivity index (χ2v) is 6.80. The predicted molar refractivity (Wildman–Crippen MR) is 114 cm³/mol. The van der Waals surface area contributed by atoms with Gasteiger partial charge in [0.25, 0.3) is 11.5 Å². The number of aromatic nitrogens is 3. The van der Waals surface area contributed by atoms with Gasteiger partial charge in [-0.2, -0.15) is 0 Å². The summed E-state index contributed by atoms with van der Waals surface area (Å²) < 4.78 is 1.63. The van der Waals surface area contributed by atoms with E-state index in [1.54, 1.807) is 41.4 Å². The standard InChI is InChI=1S/C23H20N4O2/c1-3-27-14-19(7-9-21(27)28)22-15(2)4-8-20(25-22)26-23(29)17-5-6-18-13-24-11-10-16(18)12-17/h4-14H,3H2,1-2H3,(H,25,26,29). The molecule has 0 aliphatic rings. The lowest BCUT2D eigenvalue weighted by atomic mass is 10.1. The zero-order valence-electron chi connectivity index (χ0n) is 16.2. The van der Waals surface area contributed by atoms with Crippen LogP contribution in [-0.2, 0) is 6.54 Å². The minimum atomic E-state index is -0.232. The molecule has 0 saturated carbocycles. The van der Waals surface area contributed by atoms with Crippen molar-refractivity contribution in [2.75, 3.05) is 5.32 Å². The van der Waals surface area contributed by atoms with Gasteiger partial charge in [-0.05, 0) is 55.1 Å². The molecule has 4 rings (SSSR count). The minimum absolute atomic E-state index is 0.0511. The first-order chi connectivity index (χ1) is 14.0. The lowest BCUT2D eigenvalue weighted by molar-refractivity contribution is 0.102. The number of rotatable bonds is 4. The van der Waals surface area contributed by atoms with E-state index >= 15 is 0 Å². The van der Waals surface area contributed by atoms with Gasteiger partial charge in [0, 0.05) is 47.7 Å². The molecule has 0 aliphatic carbocycles. The van der Waals surface area contributed by atoms with Crippen molar-refractivity contribution in [1.82, 2.24) is 14.5 Å². The van der Waals surface area contributed by atoms with Crippen LogP contribution in [0.2, 0.25) is 0 Å². The zero-order valence-corrected chi connectivity index (χ0v) is 16.2. The summed E-state index contributed by atoms with van der Waals surface area (Å²) in [7, 11) is 0. The lowest BCUT2D eigenvalue weighted by Gasteiger charge is -2.11. The number of anilines is 1. The van der Waals surface area contributed by atoms with Crippen LogP contribution in [-0.4, -0.2) is 20.4 Å². The van der Waals surface area contributed by atoms with Crippen molar-refractivity contribution in [2.45, 2.75) is 20.4 Å². The molecule has 0 bridgehead atoms. The quantitative estimate of drug-likeness (QED) is 0.576. The molecule has 0 atom stereocenters. The third-order valence-electron chi connectivity index (χ3n) is 4.84. The smallest absolute Gasteiger partial charge is 0.256 e. The van der Waals surface area contributed by atoms with Gasteiger partial charge in [0.2, 0.25) is 0 Å². The number of fused-ring (bicyclic) bond motifs is 1. The molecule has 6 heteroatoms. The number of hydrogen-bond donors (Lipinski definition) is 1. The first-order valence-electron chi connectivity index (χ1n) is 9.39. The fourth-order valence-corrected chi connectivity index (χ4v) is 3.22. The summed E-state index contributed by atoms with van der Waals surface area (Å²) in [4.78, 5) is 33.3. The molecule has 144 valence electrons. The van der Waals surface area contributed by atoms with Crippen LogP contribution in [0.1, 0.15) is 22.8 Å². The fraction of sp³-hybridized carbons (Fsp3) is 0.130. The van der Waals surface area contributed by atoms with Crippen LogP contribution in [0.25, 0.3) is 22.0 Å². The van der Waals surface area contributed by atoms with Gasteiger partial charge in [-0.25, -0.2) is 4.98 Å². The van der Waals surface area contributed by atoms with Crippen molar-refractivity contribution in [1.29, 1.82) is 0 Å². The molecule has 0 aliphatic heterocycles. The molecular formula is C23H20N4O2. The number of hydrogen-bond acceptors (Lipinski definition) is 4. The van der Waals surface area contributed by atoms with E-state index in [0.29, 0.717) is 17.9 Å². The van der Waals surface area contributed by atoms with Gasteiger partial charge in [-0.1, -0.05) is 12.1 Å². The Morgan fingerprint density at radius 2 is 1.93 bits per heavy atom. The Morgan fingerprint density at radius 1 is 1.07 bits per heavy atom. The maximum absolute atomic E-state index is 12.7. The van der Waals surface area contributed by atoms with Crippen molar-refractivity contribution in [3.8, 4) is 11.3 Å². The van der Waals surface area contributed by atoms with E-state index < -0.39 is 0 Å². The highest BCUT2D eigenvalue weighted by Crippen LogP contribution is 2.23. The van der Waals surface area contributed by atoms with Gasteiger partial charge < -0.3 is 9.88 Å². The van der Waals surface area contributed by atoms with E-state index in [-0.39, 0.29) is 11.5 Å². The molecule has 3 heterocycles. The Hall–Kier alpha value is -3.80. The van der Waals surface area contributed by atoms with Gasteiger partial charge in [0.05, 0.1) is 5.69 Å². The average molecular weight is 384 g/mol. The first kappa shape index (κ1) is 18.6. The topological polar surface area (TPSA) is 76.9 Å². The monoisotopic (exact) mass is 384 g/mol. The van der Waals surface area contributed by atoms with Gasteiger partial charge >= 0.3 is 0 Å². The summed E-state index contributed by atoms with van der Waals surface area (Å²) in [5.41, 5.74) is 3.02. The van der Waals surface area contributed by atoms with Crippen molar-refractivity contribution in [3.05, 3.63) is 88.6 Å².